The minimum Gasteiger partial charge on any atom is -0.100 e. The molecule has 5 aliphatic carbocycles. The molecule has 0 atom stereocenters. The van der Waals surface area contributed by atoms with Gasteiger partial charge in [-0.2, -0.15) is 0 Å². The predicted molar refractivity (Wildman–Crippen MR) is 139 cm³/mol. The fourth-order valence-electron chi connectivity index (χ4n) is 9.77. The third-order valence-corrected chi connectivity index (χ3v) is 13.9. The Morgan fingerprint density at radius 3 is 1.09 bits per heavy atom. The summed E-state index contributed by atoms with van der Waals surface area (Å²) < 4.78 is -0.449. The van der Waals surface area contributed by atoms with E-state index >= 15 is 0 Å². The molecule has 0 aliphatic heterocycles. The Morgan fingerprint density at radius 1 is 0.500 bits per heavy atom. The van der Waals surface area contributed by atoms with E-state index in [-0.39, 0.29) is 10.8 Å². The van der Waals surface area contributed by atoms with Gasteiger partial charge in [-0.15, -0.1) is 23.2 Å². The Morgan fingerprint density at radius 2 is 0.812 bits per heavy atom. The van der Waals surface area contributed by atoms with Crippen molar-refractivity contribution in [2.24, 2.45) is 46.3 Å². The van der Waals surface area contributed by atoms with Crippen molar-refractivity contribution >= 4 is 23.2 Å². The maximum Gasteiger partial charge on any atom is 0.129 e. The molecule has 0 nitrogen and oxygen atoms in total. The van der Waals surface area contributed by atoms with Crippen LogP contribution in [-0.4, -0.2) is 4.33 Å². The zero-order valence-electron chi connectivity index (χ0n) is 21.2. The van der Waals surface area contributed by atoms with Crippen molar-refractivity contribution in [3.8, 4) is 0 Å². The van der Waals surface area contributed by atoms with E-state index in [0.717, 1.165) is 35.5 Å². The first-order valence-electron chi connectivity index (χ1n) is 14.8. The van der Waals surface area contributed by atoms with Gasteiger partial charge in [0.15, 0.2) is 0 Å². The Hall–Kier alpha value is 0.580. The second kappa shape index (κ2) is 9.56. The van der Waals surface area contributed by atoms with E-state index in [4.69, 9.17) is 23.2 Å². The molecule has 5 saturated carbocycles. The maximum absolute atomic E-state index is 7.38. The van der Waals surface area contributed by atoms with Gasteiger partial charge in [-0.25, -0.2) is 0 Å². The summed E-state index contributed by atoms with van der Waals surface area (Å²) in [4.78, 5) is 0. The third-order valence-electron chi connectivity index (χ3n) is 12.3. The summed E-state index contributed by atoms with van der Waals surface area (Å²) in [7, 11) is 0. The number of alkyl halides is 2. The van der Waals surface area contributed by atoms with Crippen LogP contribution in [0.5, 0.6) is 0 Å². The van der Waals surface area contributed by atoms with Gasteiger partial charge < -0.3 is 0 Å². The topological polar surface area (TPSA) is 0 Å². The number of hydrogen-bond donors (Lipinski definition) is 0. The predicted octanol–water partition coefficient (Wildman–Crippen LogP) is 10.3. The van der Waals surface area contributed by atoms with Crippen LogP contribution in [-0.2, 0) is 0 Å². The summed E-state index contributed by atoms with van der Waals surface area (Å²) >= 11 is 14.8. The van der Waals surface area contributed by atoms with Crippen LogP contribution in [0, 0.1) is 46.3 Å². The van der Waals surface area contributed by atoms with Crippen molar-refractivity contribution in [1.82, 2.24) is 0 Å². The van der Waals surface area contributed by atoms with Crippen LogP contribution in [0.4, 0.5) is 0 Å². The molecular weight excluding hydrogens is 431 g/mol. The normalized spacial score (nSPS) is 49.1. The van der Waals surface area contributed by atoms with Gasteiger partial charge in [-0.05, 0) is 119 Å². The molecule has 0 heterocycles. The molecular formula is C30H50Cl2. The summed E-state index contributed by atoms with van der Waals surface area (Å²) in [5, 5.41) is 0. The zero-order chi connectivity index (χ0) is 22.4. The fraction of sp³-hybridized carbons (Fsp3) is 1.00. The van der Waals surface area contributed by atoms with Crippen molar-refractivity contribution in [3.63, 3.8) is 0 Å². The highest BCUT2D eigenvalue weighted by Crippen LogP contribution is 2.77. The molecule has 2 spiro atoms. The van der Waals surface area contributed by atoms with Crippen molar-refractivity contribution in [3.05, 3.63) is 0 Å². The molecule has 32 heavy (non-hydrogen) atoms. The highest BCUT2D eigenvalue weighted by atomic mass is 35.5. The number of hydrogen-bond acceptors (Lipinski definition) is 0. The molecule has 0 aromatic heterocycles. The summed E-state index contributed by atoms with van der Waals surface area (Å²) in [6.45, 7) is 4.76. The summed E-state index contributed by atoms with van der Waals surface area (Å²) in [6, 6.07) is 0. The van der Waals surface area contributed by atoms with Crippen molar-refractivity contribution < 1.29 is 0 Å². The molecule has 5 aliphatic rings. The lowest BCUT2D eigenvalue weighted by Gasteiger charge is -2.69. The Bertz CT molecular complexity index is 555. The number of rotatable bonds is 4. The maximum atomic E-state index is 7.38. The van der Waals surface area contributed by atoms with Crippen LogP contribution in [0.1, 0.15) is 136 Å². The van der Waals surface area contributed by atoms with E-state index in [9.17, 15) is 0 Å². The van der Waals surface area contributed by atoms with Crippen molar-refractivity contribution in [2.75, 3.05) is 0 Å². The van der Waals surface area contributed by atoms with Gasteiger partial charge in [0.2, 0.25) is 0 Å². The van der Waals surface area contributed by atoms with Gasteiger partial charge in [-0.3, -0.25) is 0 Å². The molecule has 0 aromatic carbocycles. The molecule has 2 heteroatoms. The summed E-state index contributed by atoms with van der Waals surface area (Å²) in [6.07, 6.45) is 26.9. The minimum atomic E-state index is -0.449. The second-order valence-electron chi connectivity index (χ2n) is 13.4. The van der Waals surface area contributed by atoms with Crippen LogP contribution in [0.15, 0.2) is 0 Å². The van der Waals surface area contributed by atoms with E-state index < -0.39 is 4.33 Å². The molecule has 0 unspecified atom stereocenters. The highest BCUT2D eigenvalue weighted by Gasteiger charge is 2.72. The Labute approximate surface area is 209 Å². The van der Waals surface area contributed by atoms with Crippen LogP contribution in [0.25, 0.3) is 0 Å². The summed E-state index contributed by atoms with van der Waals surface area (Å²) in [5.74, 6) is 5.97. The summed E-state index contributed by atoms with van der Waals surface area (Å²) in [5.41, 5.74) is 0.499. The fourth-order valence-corrected chi connectivity index (χ4v) is 10.8. The Kier molecular flexibility index (Phi) is 7.25. The lowest BCUT2D eigenvalue weighted by atomic mass is 9.42. The van der Waals surface area contributed by atoms with Crippen LogP contribution in [0.3, 0.4) is 0 Å². The van der Waals surface area contributed by atoms with Gasteiger partial charge >= 0.3 is 0 Å². The highest BCUT2D eigenvalue weighted by molar-refractivity contribution is 6.50. The first-order chi connectivity index (χ1) is 15.4. The van der Waals surface area contributed by atoms with Crippen molar-refractivity contribution in [1.29, 1.82) is 0 Å². The van der Waals surface area contributed by atoms with E-state index in [1.54, 1.807) is 0 Å². The van der Waals surface area contributed by atoms with Gasteiger partial charge in [-0.1, -0.05) is 52.4 Å². The van der Waals surface area contributed by atoms with E-state index in [2.05, 4.69) is 13.8 Å². The Balaban J connectivity index is 1.12. The first-order valence-corrected chi connectivity index (χ1v) is 15.6. The number of halogens is 2. The van der Waals surface area contributed by atoms with Gasteiger partial charge in [0.1, 0.15) is 4.33 Å². The molecule has 0 aromatic rings. The van der Waals surface area contributed by atoms with Gasteiger partial charge in [0.25, 0.3) is 0 Å². The van der Waals surface area contributed by atoms with Crippen molar-refractivity contribution in [2.45, 2.75) is 140 Å². The quantitative estimate of drug-likeness (QED) is 0.350. The third kappa shape index (κ3) is 4.12. The molecule has 0 radical (unpaired) electrons. The molecule has 184 valence electrons. The first kappa shape index (κ1) is 24.3. The van der Waals surface area contributed by atoms with Crippen LogP contribution < -0.4 is 0 Å². The van der Waals surface area contributed by atoms with E-state index in [1.807, 2.05) is 0 Å². The second-order valence-corrected chi connectivity index (χ2v) is 14.7. The minimum absolute atomic E-state index is 0.249. The molecule has 0 saturated heterocycles. The van der Waals surface area contributed by atoms with Gasteiger partial charge in [0.05, 0.1) is 0 Å². The average Bonchev–Trinajstić information content (AvgIpc) is 2.85. The molecule has 5 rings (SSSR count). The molecule has 0 amide bonds. The largest absolute Gasteiger partial charge is 0.129 e. The zero-order valence-corrected chi connectivity index (χ0v) is 22.7. The molecule has 0 bridgehead atoms. The van der Waals surface area contributed by atoms with Crippen LogP contribution in [0.2, 0.25) is 0 Å². The van der Waals surface area contributed by atoms with E-state index in [1.165, 1.54) is 122 Å². The monoisotopic (exact) mass is 480 g/mol. The van der Waals surface area contributed by atoms with E-state index in [0.29, 0.717) is 0 Å². The van der Waals surface area contributed by atoms with Crippen LogP contribution >= 0.6 is 23.2 Å². The smallest absolute Gasteiger partial charge is 0.100 e. The van der Waals surface area contributed by atoms with Gasteiger partial charge in [0, 0.05) is 10.8 Å². The molecule has 0 N–H and O–H groups in total. The standard InChI is InChI=1S/C30H50Cl2/c1-3-22-5-9-24(10-6-22)26-13-17-28(18-14-26)21-29(30(28,31)32)19-15-27(16-20-29)25-11-7-23(4-2)8-12-25/h22-27H,3-21H2,1-2H3/t22-,23-,24-,25-,26?,27?,28?,29?. The SMILES string of the molecule is CC[C@H]1CC[C@H](C2CCC3(CC2)CC2(CCC([C@H]4CC[C@H](CC)CC4)CC2)C3(Cl)Cl)CC1. The lowest BCUT2D eigenvalue weighted by molar-refractivity contribution is -0.122. The molecule has 5 fully saturated rings. The average molecular weight is 482 g/mol. The lowest BCUT2D eigenvalue weighted by Crippen LogP contribution is -2.66.